The Hall–Kier alpha value is -4.68. The van der Waals surface area contributed by atoms with Gasteiger partial charge in [0.1, 0.15) is 19.0 Å². The highest BCUT2D eigenvalue weighted by Crippen LogP contribution is 2.33. The molecule has 4 amide bonds. The molecule has 3 aromatic rings. The molecule has 9 heteroatoms. The molecule has 9 nitrogen and oxygen atoms in total. The van der Waals surface area contributed by atoms with Gasteiger partial charge in [-0.2, -0.15) is 0 Å². The molecule has 0 bridgehead atoms. The van der Waals surface area contributed by atoms with Crippen LogP contribution in [0.4, 0.5) is 4.79 Å². The minimum Gasteiger partial charge on any atom is -0.481 e. The Kier molecular flexibility index (Phi) is 6.10. The van der Waals surface area contributed by atoms with Crippen LogP contribution in [-0.4, -0.2) is 52.6 Å². The molecule has 2 aromatic carbocycles. The lowest BCUT2D eigenvalue weighted by atomic mass is 9.88. The highest BCUT2D eigenvalue weighted by atomic mass is 16.5. The molecule has 0 spiro atoms. The van der Waals surface area contributed by atoms with Gasteiger partial charge in [-0.1, -0.05) is 48.2 Å². The van der Waals surface area contributed by atoms with Crippen LogP contribution in [0.1, 0.15) is 21.5 Å². The van der Waals surface area contributed by atoms with Gasteiger partial charge in [-0.05, 0) is 40.5 Å². The maximum atomic E-state index is 13.3. The van der Waals surface area contributed by atoms with Gasteiger partial charge in [-0.25, -0.2) is 4.79 Å². The van der Waals surface area contributed by atoms with Crippen molar-refractivity contribution in [2.45, 2.75) is 12.1 Å². The van der Waals surface area contributed by atoms with Gasteiger partial charge >= 0.3 is 6.03 Å². The van der Waals surface area contributed by atoms with E-state index in [4.69, 9.17) is 9.84 Å². The summed E-state index contributed by atoms with van der Waals surface area (Å²) >= 11 is 0. The van der Waals surface area contributed by atoms with Crippen LogP contribution in [0.15, 0.2) is 67.0 Å². The first-order chi connectivity index (χ1) is 17.5. The second-order valence-electron chi connectivity index (χ2n) is 8.41. The van der Waals surface area contributed by atoms with Gasteiger partial charge in [-0.15, -0.1) is 0 Å². The van der Waals surface area contributed by atoms with Crippen molar-refractivity contribution in [2.75, 3.05) is 19.8 Å². The van der Waals surface area contributed by atoms with E-state index in [0.717, 1.165) is 16.7 Å². The van der Waals surface area contributed by atoms with Gasteiger partial charge in [0.2, 0.25) is 0 Å². The van der Waals surface area contributed by atoms with E-state index >= 15 is 0 Å². The zero-order valence-electron chi connectivity index (χ0n) is 19.2. The maximum Gasteiger partial charge on any atom is 0.322 e. The Balaban J connectivity index is 1.40. The Morgan fingerprint density at radius 2 is 1.89 bits per heavy atom. The number of pyridine rings is 1. The summed E-state index contributed by atoms with van der Waals surface area (Å²) in [5.41, 5.74) is 2.22. The van der Waals surface area contributed by atoms with Gasteiger partial charge < -0.3 is 20.1 Å². The third kappa shape index (κ3) is 4.26. The SMILES string of the molecule is O=C1NC(=O)[C@](CN2Cc3ccc(OCC#CCO)cc3C2=O)(c2ccc(-c3cccnc3)cc2)N1. The monoisotopic (exact) mass is 482 g/mol. The van der Waals surface area contributed by atoms with Gasteiger partial charge in [0, 0.05) is 24.5 Å². The van der Waals surface area contributed by atoms with Crippen molar-refractivity contribution in [1.82, 2.24) is 20.5 Å². The third-order valence-electron chi connectivity index (χ3n) is 6.22. The lowest BCUT2D eigenvalue weighted by Gasteiger charge is -2.31. The lowest BCUT2D eigenvalue weighted by molar-refractivity contribution is -0.124. The molecule has 3 heterocycles. The highest BCUT2D eigenvalue weighted by molar-refractivity contribution is 6.08. The van der Waals surface area contributed by atoms with Crippen LogP contribution in [-0.2, 0) is 16.9 Å². The van der Waals surface area contributed by atoms with Gasteiger partial charge in [0.05, 0.1) is 6.54 Å². The number of aliphatic hydroxyl groups is 1. The topological polar surface area (TPSA) is 121 Å². The van der Waals surface area contributed by atoms with Crippen LogP contribution in [0.2, 0.25) is 0 Å². The minimum atomic E-state index is -1.43. The Bertz CT molecular complexity index is 1400. The molecule has 36 heavy (non-hydrogen) atoms. The number of benzene rings is 2. The predicted molar refractivity (Wildman–Crippen MR) is 130 cm³/mol. The number of nitrogens with zero attached hydrogens (tertiary/aromatic N) is 2. The van der Waals surface area contributed by atoms with E-state index < -0.39 is 17.5 Å². The summed E-state index contributed by atoms with van der Waals surface area (Å²) in [5.74, 6) is 4.85. The summed E-state index contributed by atoms with van der Waals surface area (Å²) in [7, 11) is 0. The number of imide groups is 1. The molecule has 1 atom stereocenters. The first-order valence-corrected chi connectivity index (χ1v) is 11.3. The van der Waals surface area contributed by atoms with Crippen molar-refractivity contribution < 1.29 is 24.2 Å². The molecule has 3 N–H and O–H groups in total. The Labute approximate surface area is 207 Å². The second-order valence-corrected chi connectivity index (χ2v) is 8.41. The van der Waals surface area contributed by atoms with Crippen molar-refractivity contribution in [3.63, 3.8) is 0 Å². The highest BCUT2D eigenvalue weighted by Gasteiger charge is 2.50. The number of hydrogen-bond acceptors (Lipinski definition) is 6. The van der Waals surface area contributed by atoms with Crippen molar-refractivity contribution in [3.05, 3.63) is 83.7 Å². The van der Waals surface area contributed by atoms with E-state index in [1.807, 2.05) is 24.3 Å². The fraction of sp³-hybridized carbons (Fsp3) is 0.185. The summed E-state index contributed by atoms with van der Waals surface area (Å²) < 4.78 is 5.54. The van der Waals surface area contributed by atoms with Crippen LogP contribution in [0.5, 0.6) is 5.75 Å². The number of carbonyl (C=O) groups is 3. The van der Waals surface area contributed by atoms with Crippen LogP contribution in [0.3, 0.4) is 0 Å². The molecule has 180 valence electrons. The fourth-order valence-electron chi connectivity index (χ4n) is 4.45. The molecule has 1 aromatic heterocycles. The smallest absolute Gasteiger partial charge is 0.322 e. The fourth-order valence-corrected chi connectivity index (χ4v) is 4.45. The zero-order chi connectivity index (χ0) is 25.1. The number of nitrogens with one attached hydrogen (secondary N) is 2. The lowest BCUT2D eigenvalue weighted by Crippen LogP contribution is -2.52. The first-order valence-electron chi connectivity index (χ1n) is 11.3. The number of fused-ring (bicyclic) bond motifs is 1. The molecular weight excluding hydrogens is 460 g/mol. The molecule has 1 fully saturated rings. The van der Waals surface area contributed by atoms with Gasteiger partial charge in [-0.3, -0.25) is 19.9 Å². The summed E-state index contributed by atoms with van der Waals surface area (Å²) in [4.78, 5) is 44.2. The van der Waals surface area contributed by atoms with Crippen molar-refractivity contribution in [3.8, 4) is 28.7 Å². The van der Waals surface area contributed by atoms with Crippen molar-refractivity contribution >= 4 is 17.8 Å². The largest absolute Gasteiger partial charge is 0.481 e. The number of ether oxygens (including phenoxy) is 1. The maximum absolute atomic E-state index is 13.3. The quantitative estimate of drug-likeness (QED) is 0.364. The predicted octanol–water partition coefficient (Wildman–Crippen LogP) is 1.81. The molecule has 0 saturated carbocycles. The number of urea groups is 1. The van der Waals surface area contributed by atoms with E-state index in [9.17, 15) is 14.4 Å². The van der Waals surface area contributed by atoms with E-state index in [0.29, 0.717) is 16.9 Å². The van der Waals surface area contributed by atoms with Gasteiger partial charge in [0.25, 0.3) is 11.8 Å². The molecule has 1 saturated heterocycles. The normalized spacial score (nSPS) is 18.2. The summed E-state index contributed by atoms with van der Waals surface area (Å²) in [6.07, 6.45) is 3.43. The molecule has 0 radical (unpaired) electrons. The summed E-state index contributed by atoms with van der Waals surface area (Å²) in [5, 5.41) is 13.8. The first kappa shape index (κ1) is 23.1. The zero-order valence-corrected chi connectivity index (χ0v) is 19.2. The standard InChI is InChI=1S/C27H22N4O5/c32-12-1-2-13-36-22-10-7-20-16-31(24(33)23(20)14-22)17-27(25(34)29-26(35)30-27)21-8-5-18(6-9-21)19-4-3-11-28-15-19/h3-11,14-15,32H,12-13,16-17H2,(H2,29,30,34,35)/t27-/m0/s1. The van der Waals surface area contributed by atoms with Crippen LogP contribution >= 0.6 is 0 Å². The molecular formula is C27H22N4O5. The number of aliphatic hydroxyl groups excluding tert-OH is 1. The average Bonchev–Trinajstić information content (AvgIpc) is 3.37. The molecule has 0 unspecified atom stereocenters. The average molecular weight is 482 g/mol. The summed E-state index contributed by atoms with van der Waals surface area (Å²) in [6, 6.07) is 15.6. The Morgan fingerprint density at radius 1 is 1.06 bits per heavy atom. The molecule has 5 rings (SSSR count). The minimum absolute atomic E-state index is 0.0392. The molecule has 0 aliphatic carbocycles. The van der Waals surface area contributed by atoms with E-state index in [2.05, 4.69) is 27.5 Å². The van der Waals surface area contributed by atoms with Crippen molar-refractivity contribution in [1.29, 1.82) is 0 Å². The number of rotatable bonds is 6. The van der Waals surface area contributed by atoms with Crippen LogP contribution in [0, 0.1) is 11.8 Å². The number of carbonyl (C=O) groups excluding carboxylic acids is 3. The van der Waals surface area contributed by atoms with Gasteiger partial charge in [0.15, 0.2) is 5.54 Å². The second kappa shape index (κ2) is 9.52. The van der Waals surface area contributed by atoms with Crippen LogP contribution in [0.25, 0.3) is 11.1 Å². The summed E-state index contributed by atoms with van der Waals surface area (Å²) in [6.45, 7) is 0.0839. The number of aromatic nitrogens is 1. The van der Waals surface area contributed by atoms with E-state index in [1.54, 1.807) is 47.6 Å². The molecule has 2 aliphatic heterocycles. The molecule has 2 aliphatic rings. The number of amides is 4. The van der Waals surface area contributed by atoms with E-state index in [-0.39, 0.29) is 32.2 Å². The number of hydrogen-bond donors (Lipinski definition) is 3. The Morgan fingerprint density at radius 3 is 2.58 bits per heavy atom. The van der Waals surface area contributed by atoms with Crippen LogP contribution < -0.4 is 15.4 Å². The third-order valence-corrected chi connectivity index (χ3v) is 6.22. The van der Waals surface area contributed by atoms with Crippen molar-refractivity contribution in [2.24, 2.45) is 0 Å². The van der Waals surface area contributed by atoms with E-state index in [1.165, 1.54) is 0 Å².